The van der Waals surface area contributed by atoms with E-state index in [9.17, 15) is 34.9 Å². The molecule has 0 amide bonds. The van der Waals surface area contributed by atoms with Gasteiger partial charge in [0.1, 0.15) is 11.1 Å². The van der Waals surface area contributed by atoms with Crippen molar-refractivity contribution in [1.29, 1.82) is 0 Å². The lowest BCUT2D eigenvalue weighted by molar-refractivity contribution is -0.386. The minimum atomic E-state index is -0.836. The lowest BCUT2D eigenvalue weighted by Crippen LogP contribution is -2.16. The van der Waals surface area contributed by atoms with Gasteiger partial charge in [0.15, 0.2) is 0 Å². The summed E-state index contributed by atoms with van der Waals surface area (Å²) in [5.41, 5.74) is -1.04. The van der Waals surface area contributed by atoms with Crippen LogP contribution in [0.3, 0.4) is 0 Å². The molecule has 0 spiro atoms. The third kappa shape index (κ3) is 14.6. The SMILES string of the molecule is CN(C)CCCO.COC(=O)c1cc(Br)cc([N+](=O)[O-])c1O.COC(=O)c1cc(Br)cc([N+](=O)[O-])c1OCCCN(C)C. The van der Waals surface area contributed by atoms with Crippen molar-refractivity contribution in [2.45, 2.75) is 12.8 Å². The van der Waals surface area contributed by atoms with E-state index in [4.69, 9.17) is 9.84 Å². The Balaban J connectivity index is 0.000000696. The number of aliphatic hydroxyl groups is 1. The highest BCUT2D eigenvalue weighted by Crippen LogP contribution is 2.35. The van der Waals surface area contributed by atoms with Crippen LogP contribution in [-0.4, -0.2) is 111 Å². The second kappa shape index (κ2) is 20.5. The summed E-state index contributed by atoms with van der Waals surface area (Å²) >= 11 is 6.13. The quantitative estimate of drug-likeness (QED) is 0.136. The smallest absolute Gasteiger partial charge is 0.341 e. The number of phenolic OH excluding ortho intramolecular Hbond substituents is 1. The third-order valence-electron chi connectivity index (χ3n) is 5.05. The van der Waals surface area contributed by atoms with Crippen molar-refractivity contribution in [2.24, 2.45) is 0 Å². The summed E-state index contributed by atoms with van der Waals surface area (Å²) in [6, 6.07) is 5.09. The van der Waals surface area contributed by atoms with E-state index in [1.807, 2.05) is 33.1 Å². The summed E-state index contributed by atoms with van der Waals surface area (Å²) in [5.74, 6) is -2.28. The lowest BCUT2D eigenvalue weighted by atomic mass is 10.1. The predicted octanol–water partition coefficient (Wildman–Crippen LogP) is 4.25. The predicted molar refractivity (Wildman–Crippen MR) is 165 cm³/mol. The van der Waals surface area contributed by atoms with Crippen LogP contribution in [0.5, 0.6) is 11.5 Å². The molecule has 0 aromatic heterocycles. The molecule has 43 heavy (non-hydrogen) atoms. The maximum atomic E-state index is 11.7. The van der Waals surface area contributed by atoms with Gasteiger partial charge in [-0.15, -0.1) is 0 Å². The normalized spacial score (nSPS) is 10.2. The van der Waals surface area contributed by atoms with Gasteiger partial charge < -0.3 is 34.2 Å². The van der Waals surface area contributed by atoms with Gasteiger partial charge in [-0.1, -0.05) is 31.9 Å². The van der Waals surface area contributed by atoms with Gasteiger partial charge in [-0.3, -0.25) is 20.2 Å². The monoisotopic (exact) mass is 738 g/mol. The number of halogens is 2. The molecule has 240 valence electrons. The van der Waals surface area contributed by atoms with E-state index < -0.39 is 33.2 Å². The van der Waals surface area contributed by atoms with Crippen LogP contribution in [0.4, 0.5) is 11.4 Å². The molecule has 0 saturated carbocycles. The Morgan fingerprint density at radius 2 is 1.26 bits per heavy atom. The second-order valence-electron chi connectivity index (χ2n) is 9.01. The zero-order valence-corrected chi connectivity index (χ0v) is 27.8. The third-order valence-corrected chi connectivity index (χ3v) is 5.97. The number of carbonyl (C=O) groups excluding carboxylic acids is 2. The Hall–Kier alpha value is -3.38. The number of benzene rings is 2. The van der Waals surface area contributed by atoms with Crippen molar-refractivity contribution < 1.29 is 43.9 Å². The maximum Gasteiger partial charge on any atom is 0.341 e. The summed E-state index contributed by atoms with van der Waals surface area (Å²) in [6.07, 6.45) is 1.56. The summed E-state index contributed by atoms with van der Waals surface area (Å²) in [6.45, 7) is 2.33. The van der Waals surface area contributed by atoms with Crippen molar-refractivity contribution in [3.63, 3.8) is 0 Å². The van der Waals surface area contributed by atoms with Gasteiger partial charge in [-0.05, 0) is 59.7 Å². The highest BCUT2D eigenvalue weighted by Gasteiger charge is 2.26. The molecule has 2 aromatic rings. The van der Waals surface area contributed by atoms with E-state index >= 15 is 0 Å². The standard InChI is InChI=1S/C13H17BrN2O5.C8H6BrNO5.C5H13NO/c1-15(2)5-4-6-21-12-10(13(17)20-3)7-9(14)8-11(12)16(18)19;1-15-8(12)5-2-4(9)3-6(7(5)11)10(13)14;1-6(2)4-3-5-7/h7-8H,4-6H2,1-3H3;2-3,11H,1H3;7H,3-5H2,1-2H3. The van der Waals surface area contributed by atoms with Gasteiger partial charge >= 0.3 is 23.3 Å². The molecule has 0 atom stereocenters. The average Bonchev–Trinajstić information content (AvgIpc) is 2.94. The molecule has 0 saturated heterocycles. The number of methoxy groups -OCH3 is 2. The number of ether oxygens (including phenoxy) is 3. The minimum absolute atomic E-state index is 0.0310. The number of phenols is 1. The number of hydrogen-bond donors (Lipinski definition) is 2. The average molecular weight is 740 g/mol. The van der Waals surface area contributed by atoms with Gasteiger partial charge in [0.05, 0.1) is 30.7 Å². The van der Waals surface area contributed by atoms with Crippen LogP contribution in [0, 0.1) is 20.2 Å². The topological polar surface area (TPSA) is 195 Å². The van der Waals surface area contributed by atoms with Crippen LogP contribution < -0.4 is 4.74 Å². The number of aromatic hydroxyl groups is 1. The molecule has 0 aliphatic carbocycles. The number of nitro benzene ring substituents is 2. The Bertz CT molecular complexity index is 1240. The molecule has 2 aromatic carbocycles. The van der Waals surface area contributed by atoms with Gasteiger partial charge in [0.2, 0.25) is 11.5 Å². The van der Waals surface area contributed by atoms with E-state index in [1.54, 1.807) is 0 Å². The molecule has 0 aliphatic heterocycles. The first kappa shape index (κ1) is 39.6. The van der Waals surface area contributed by atoms with E-state index in [-0.39, 0.29) is 29.2 Å². The van der Waals surface area contributed by atoms with Crippen LogP contribution in [0.2, 0.25) is 0 Å². The highest BCUT2D eigenvalue weighted by molar-refractivity contribution is 9.10. The number of nitrogens with zero attached hydrogens (tertiary/aromatic N) is 4. The first-order valence-corrected chi connectivity index (χ1v) is 14.0. The minimum Gasteiger partial charge on any atom is -0.501 e. The van der Waals surface area contributed by atoms with E-state index in [1.165, 1.54) is 25.3 Å². The lowest BCUT2D eigenvalue weighted by Gasteiger charge is -2.13. The van der Waals surface area contributed by atoms with E-state index in [0.29, 0.717) is 22.0 Å². The molecule has 0 bridgehead atoms. The van der Waals surface area contributed by atoms with Gasteiger partial charge in [0, 0.05) is 34.2 Å². The Kier molecular flexibility index (Phi) is 18.9. The molecule has 0 aliphatic rings. The van der Waals surface area contributed by atoms with E-state index in [0.717, 1.165) is 32.7 Å². The van der Waals surface area contributed by atoms with Crippen LogP contribution in [0.1, 0.15) is 33.6 Å². The van der Waals surface area contributed by atoms with Crippen LogP contribution in [0.15, 0.2) is 33.2 Å². The maximum absolute atomic E-state index is 11.7. The molecule has 2 N–H and O–H groups in total. The van der Waals surface area contributed by atoms with Gasteiger partial charge in [-0.25, -0.2) is 9.59 Å². The van der Waals surface area contributed by atoms with Crippen molar-refractivity contribution in [3.05, 3.63) is 64.6 Å². The number of carbonyl (C=O) groups is 2. The summed E-state index contributed by atoms with van der Waals surface area (Å²) in [5, 5.41) is 39.3. The number of hydrogen-bond acceptors (Lipinski definition) is 13. The second-order valence-corrected chi connectivity index (χ2v) is 10.8. The largest absolute Gasteiger partial charge is 0.501 e. The molecule has 0 heterocycles. The van der Waals surface area contributed by atoms with Crippen molar-refractivity contribution in [2.75, 3.05) is 68.7 Å². The van der Waals surface area contributed by atoms with Crippen molar-refractivity contribution in [1.82, 2.24) is 9.80 Å². The molecular weight excluding hydrogens is 704 g/mol. The molecule has 15 nitrogen and oxygen atoms in total. The summed E-state index contributed by atoms with van der Waals surface area (Å²) in [7, 11) is 10.2. The van der Waals surface area contributed by atoms with Crippen LogP contribution >= 0.6 is 31.9 Å². The molecular formula is C26H36Br2N4O11. The van der Waals surface area contributed by atoms with E-state index in [2.05, 4.69) is 46.2 Å². The van der Waals surface area contributed by atoms with Gasteiger partial charge in [0.25, 0.3) is 0 Å². The van der Waals surface area contributed by atoms with Gasteiger partial charge in [-0.2, -0.15) is 0 Å². The zero-order valence-electron chi connectivity index (χ0n) is 24.7. The first-order chi connectivity index (χ1) is 20.1. The fourth-order valence-electron chi connectivity index (χ4n) is 3.06. The van der Waals surface area contributed by atoms with Crippen molar-refractivity contribution >= 4 is 55.2 Å². The fourth-order valence-corrected chi connectivity index (χ4v) is 3.95. The molecule has 17 heteroatoms. The molecule has 0 fully saturated rings. The Morgan fingerprint density at radius 3 is 1.67 bits per heavy atom. The molecule has 0 unspecified atom stereocenters. The summed E-state index contributed by atoms with van der Waals surface area (Å²) < 4.78 is 15.2. The molecule has 0 radical (unpaired) electrons. The molecule has 2 rings (SSSR count). The fraction of sp³-hybridized carbons (Fsp3) is 0.462. The Labute approximate surface area is 265 Å². The zero-order chi connectivity index (χ0) is 33.3. The Morgan fingerprint density at radius 1 is 0.814 bits per heavy atom. The highest BCUT2D eigenvalue weighted by atomic mass is 79.9. The first-order valence-electron chi connectivity index (χ1n) is 12.5. The van der Waals surface area contributed by atoms with Crippen LogP contribution in [0.25, 0.3) is 0 Å². The number of aliphatic hydroxyl groups excluding tert-OH is 1. The number of nitro groups is 2. The van der Waals surface area contributed by atoms with Crippen molar-refractivity contribution in [3.8, 4) is 11.5 Å². The number of esters is 2. The number of rotatable bonds is 12. The summed E-state index contributed by atoms with van der Waals surface area (Å²) in [4.78, 5) is 47.2. The van der Waals surface area contributed by atoms with Crippen LogP contribution in [-0.2, 0) is 9.47 Å².